The molecule has 0 atom stereocenters. The SMILES string of the molecule is Clc1ccc(CN2CCN=C2c2ccccc2)cn1. The number of amidine groups is 1. The fourth-order valence-corrected chi connectivity index (χ4v) is 2.33. The molecule has 2 aromatic rings. The summed E-state index contributed by atoms with van der Waals surface area (Å²) < 4.78 is 0. The van der Waals surface area contributed by atoms with E-state index in [9.17, 15) is 0 Å². The maximum atomic E-state index is 5.80. The van der Waals surface area contributed by atoms with Crippen LogP contribution in [0.5, 0.6) is 0 Å². The van der Waals surface area contributed by atoms with Gasteiger partial charge in [-0.2, -0.15) is 0 Å². The summed E-state index contributed by atoms with van der Waals surface area (Å²) >= 11 is 5.80. The monoisotopic (exact) mass is 271 g/mol. The molecule has 4 heteroatoms. The van der Waals surface area contributed by atoms with Crippen molar-refractivity contribution in [2.24, 2.45) is 4.99 Å². The molecule has 0 bridgehead atoms. The van der Waals surface area contributed by atoms with Crippen molar-refractivity contribution in [2.45, 2.75) is 6.54 Å². The van der Waals surface area contributed by atoms with Crippen molar-refractivity contribution in [3.8, 4) is 0 Å². The third kappa shape index (κ3) is 2.76. The maximum absolute atomic E-state index is 5.80. The summed E-state index contributed by atoms with van der Waals surface area (Å²) in [7, 11) is 0. The largest absolute Gasteiger partial charge is 0.350 e. The van der Waals surface area contributed by atoms with Gasteiger partial charge in [0, 0.05) is 24.8 Å². The molecule has 0 saturated carbocycles. The van der Waals surface area contributed by atoms with E-state index < -0.39 is 0 Å². The Morgan fingerprint density at radius 2 is 1.95 bits per heavy atom. The van der Waals surface area contributed by atoms with Gasteiger partial charge in [-0.1, -0.05) is 48.0 Å². The molecule has 0 N–H and O–H groups in total. The van der Waals surface area contributed by atoms with E-state index in [1.807, 2.05) is 36.5 Å². The summed E-state index contributed by atoms with van der Waals surface area (Å²) in [5.74, 6) is 1.07. The van der Waals surface area contributed by atoms with Crippen LogP contribution in [0.25, 0.3) is 0 Å². The van der Waals surface area contributed by atoms with E-state index in [1.54, 1.807) is 0 Å². The van der Waals surface area contributed by atoms with Crippen molar-refractivity contribution in [3.05, 3.63) is 64.9 Å². The molecule has 0 fully saturated rings. The topological polar surface area (TPSA) is 28.5 Å². The first-order valence-electron chi connectivity index (χ1n) is 6.28. The number of halogens is 1. The average molecular weight is 272 g/mol. The predicted octanol–water partition coefficient (Wildman–Crippen LogP) is 3.00. The van der Waals surface area contributed by atoms with Crippen LogP contribution in [0, 0.1) is 0 Å². The van der Waals surface area contributed by atoms with E-state index in [-0.39, 0.29) is 0 Å². The molecule has 1 aromatic carbocycles. The number of aliphatic imine (C=N–C) groups is 1. The molecule has 3 rings (SSSR count). The highest BCUT2D eigenvalue weighted by Gasteiger charge is 2.18. The Labute approximate surface area is 117 Å². The minimum absolute atomic E-state index is 0.530. The second-order valence-electron chi connectivity index (χ2n) is 4.48. The van der Waals surface area contributed by atoms with Crippen molar-refractivity contribution >= 4 is 17.4 Å². The molecule has 0 unspecified atom stereocenters. The van der Waals surface area contributed by atoms with Gasteiger partial charge in [0.1, 0.15) is 11.0 Å². The van der Waals surface area contributed by atoms with Crippen LogP contribution in [0.1, 0.15) is 11.1 Å². The highest BCUT2D eigenvalue weighted by molar-refractivity contribution is 6.29. The Morgan fingerprint density at radius 3 is 2.68 bits per heavy atom. The molecule has 19 heavy (non-hydrogen) atoms. The molecule has 0 spiro atoms. The average Bonchev–Trinajstić information content (AvgIpc) is 2.90. The number of aromatic nitrogens is 1. The first kappa shape index (κ1) is 12.2. The summed E-state index contributed by atoms with van der Waals surface area (Å²) in [5, 5.41) is 0.530. The Bertz CT molecular complexity index is 578. The first-order valence-corrected chi connectivity index (χ1v) is 6.66. The van der Waals surface area contributed by atoms with Crippen molar-refractivity contribution < 1.29 is 0 Å². The minimum atomic E-state index is 0.530. The van der Waals surface area contributed by atoms with Gasteiger partial charge in [-0.3, -0.25) is 4.99 Å². The predicted molar refractivity (Wildman–Crippen MR) is 77.5 cm³/mol. The molecule has 0 aliphatic carbocycles. The highest BCUT2D eigenvalue weighted by Crippen LogP contribution is 2.15. The van der Waals surface area contributed by atoms with Gasteiger partial charge in [-0.05, 0) is 11.6 Å². The smallest absolute Gasteiger partial charge is 0.131 e. The van der Waals surface area contributed by atoms with Gasteiger partial charge in [-0.25, -0.2) is 4.98 Å². The highest BCUT2D eigenvalue weighted by atomic mass is 35.5. The van der Waals surface area contributed by atoms with Crippen LogP contribution in [0.3, 0.4) is 0 Å². The lowest BCUT2D eigenvalue weighted by Crippen LogP contribution is -2.27. The quantitative estimate of drug-likeness (QED) is 0.803. The molecule has 0 amide bonds. The van der Waals surface area contributed by atoms with Crippen LogP contribution in [0.15, 0.2) is 53.7 Å². The zero-order chi connectivity index (χ0) is 13.1. The van der Waals surface area contributed by atoms with Crippen LogP contribution in [-0.2, 0) is 6.54 Å². The number of hydrogen-bond donors (Lipinski definition) is 0. The van der Waals surface area contributed by atoms with Gasteiger partial charge < -0.3 is 4.90 Å². The lowest BCUT2D eigenvalue weighted by atomic mass is 10.2. The normalized spacial score (nSPS) is 14.6. The molecule has 1 aromatic heterocycles. The van der Waals surface area contributed by atoms with Crippen LogP contribution in [-0.4, -0.2) is 28.8 Å². The van der Waals surface area contributed by atoms with E-state index in [1.165, 1.54) is 5.56 Å². The van der Waals surface area contributed by atoms with Crippen molar-refractivity contribution in [1.82, 2.24) is 9.88 Å². The first-order chi connectivity index (χ1) is 9.33. The van der Waals surface area contributed by atoms with Crippen LogP contribution in [0.4, 0.5) is 0 Å². The van der Waals surface area contributed by atoms with Gasteiger partial charge in [0.2, 0.25) is 0 Å². The molecule has 96 valence electrons. The van der Waals surface area contributed by atoms with Gasteiger partial charge in [0.15, 0.2) is 0 Å². The molecule has 1 aliphatic heterocycles. The fraction of sp³-hybridized carbons (Fsp3) is 0.200. The number of hydrogen-bond acceptors (Lipinski definition) is 3. The number of pyridine rings is 1. The Balaban J connectivity index is 1.78. The van der Waals surface area contributed by atoms with E-state index in [0.29, 0.717) is 5.15 Å². The Morgan fingerprint density at radius 1 is 1.11 bits per heavy atom. The third-order valence-corrected chi connectivity index (χ3v) is 3.35. The molecular weight excluding hydrogens is 258 g/mol. The Kier molecular flexibility index (Phi) is 3.47. The summed E-state index contributed by atoms with van der Waals surface area (Å²) in [6.45, 7) is 2.62. The second kappa shape index (κ2) is 5.41. The molecule has 3 nitrogen and oxygen atoms in total. The van der Waals surface area contributed by atoms with Crippen LogP contribution >= 0.6 is 11.6 Å². The van der Waals surface area contributed by atoms with E-state index in [4.69, 9.17) is 11.6 Å². The summed E-state index contributed by atoms with van der Waals surface area (Å²) in [5.41, 5.74) is 2.32. The van der Waals surface area contributed by atoms with E-state index in [2.05, 4.69) is 27.0 Å². The van der Waals surface area contributed by atoms with Gasteiger partial charge >= 0.3 is 0 Å². The van der Waals surface area contributed by atoms with Gasteiger partial charge in [0.05, 0.1) is 6.54 Å². The Hall–Kier alpha value is -1.87. The number of benzene rings is 1. The fourth-order valence-electron chi connectivity index (χ4n) is 2.22. The van der Waals surface area contributed by atoms with Gasteiger partial charge in [-0.15, -0.1) is 0 Å². The lowest BCUT2D eigenvalue weighted by Gasteiger charge is -2.20. The van der Waals surface area contributed by atoms with Crippen molar-refractivity contribution in [3.63, 3.8) is 0 Å². The maximum Gasteiger partial charge on any atom is 0.131 e. The zero-order valence-corrected chi connectivity index (χ0v) is 11.2. The number of rotatable bonds is 3. The van der Waals surface area contributed by atoms with Crippen molar-refractivity contribution in [1.29, 1.82) is 0 Å². The van der Waals surface area contributed by atoms with E-state index in [0.717, 1.165) is 31.0 Å². The standard InChI is InChI=1S/C15H14ClN3/c16-14-7-6-12(10-18-14)11-19-9-8-17-15(19)13-4-2-1-3-5-13/h1-7,10H,8-9,11H2. The molecule has 0 radical (unpaired) electrons. The van der Waals surface area contributed by atoms with E-state index >= 15 is 0 Å². The summed E-state index contributed by atoms with van der Waals surface area (Å²) in [6, 6.07) is 14.1. The van der Waals surface area contributed by atoms with Gasteiger partial charge in [0.25, 0.3) is 0 Å². The van der Waals surface area contributed by atoms with Crippen LogP contribution < -0.4 is 0 Å². The van der Waals surface area contributed by atoms with Crippen molar-refractivity contribution in [2.75, 3.05) is 13.1 Å². The molecule has 0 saturated heterocycles. The zero-order valence-electron chi connectivity index (χ0n) is 10.5. The lowest BCUT2D eigenvalue weighted by molar-refractivity contribution is 0.452. The summed E-state index contributed by atoms with van der Waals surface area (Å²) in [6.07, 6.45) is 1.82. The van der Waals surface area contributed by atoms with Crippen LogP contribution in [0.2, 0.25) is 5.15 Å². The second-order valence-corrected chi connectivity index (χ2v) is 4.87. The number of nitrogens with zero attached hydrogens (tertiary/aromatic N) is 3. The summed E-state index contributed by atoms with van der Waals surface area (Å²) in [4.78, 5) is 11.0. The molecule has 1 aliphatic rings. The molecule has 2 heterocycles. The third-order valence-electron chi connectivity index (χ3n) is 3.13. The molecular formula is C15H14ClN3. The minimum Gasteiger partial charge on any atom is -0.350 e.